The van der Waals surface area contributed by atoms with E-state index in [2.05, 4.69) is 6.58 Å². The lowest BCUT2D eigenvalue weighted by molar-refractivity contribution is -0.139. The van der Waals surface area contributed by atoms with Crippen LogP contribution in [0.25, 0.3) is 0 Å². The van der Waals surface area contributed by atoms with E-state index < -0.39 is 18.3 Å². The van der Waals surface area contributed by atoms with Gasteiger partial charge in [0.05, 0.1) is 11.2 Å². The molecule has 0 N–H and O–H groups in total. The van der Waals surface area contributed by atoms with Crippen molar-refractivity contribution in [2.75, 3.05) is 6.61 Å². The second-order valence-corrected chi connectivity index (χ2v) is 5.03. The number of hydrogen-bond acceptors (Lipinski definition) is 4. The Labute approximate surface area is 97.1 Å². The number of ether oxygens (including phenoxy) is 1. The number of carbonyl (C=O) groups is 1. The Kier molecular flexibility index (Phi) is 3.50. The minimum atomic E-state index is -0.510. The summed E-state index contributed by atoms with van der Waals surface area (Å²) in [6.45, 7) is 13.2. The Morgan fingerprint density at radius 1 is 1.25 bits per heavy atom. The predicted octanol–water partition coefficient (Wildman–Crippen LogP) is 1.74. The van der Waals surface area contributed by atoms with Crippen LogP contribution in [0, 0.1) is 0 Å². The molecule has 16 heavy (non-hydrogen) atoms. The second-order valence-electron chi connectivity index (χ2n) is 5.03. The quantitative estimate of drug-likeness (QED) is 0.543. The van der Waals surface area contributed by atoms with Crippen LogP contribution in [0.15, 0.2) is 12.1 Å². The molecule has 1 saturated heterocycles. The Hall–Kier alpha value is -0.805. The second kappa shape index (κ2) is 4.22. The summed E-state index contributed by atoms with van der Waals surface area (Å²) in [6, 6.07) is 0. The fourth-order valence-corrected chi connectivity index (χ4v) is 1.27. The zero-order valence-electron chi connectivity index (χ0n) is 10.6. The SMILES string of the molecule is C=C(COC(C)=O)B1OC(C)(C)C(C)(C)O1. The number of rotatable bonds is 3. The maximum absolute atomic E-state index is 10.7. The van der Waals surface area contributed by atoms with Crippen LogP contribution >= 0.6 is 0 Å². The molecule has 0 unspecified atom stereocenters. The highest BCUT2D eigenvalue weighted by Crippen LogP contribution is 2.38. The highest BCUT2D eigenvalue weighted by molar-refractivity contribution is 6.54. The molecule has 1 rings (SSSR count). The summed E-state index contributed by atoms with van der Waals surface area (Å²) >= 11 is 0. The van der Waals surface area contributed by atoms with Crippen LogP contribution < -0.4 is 0 Å². The van der Waals surface area contributed by atoms with Gasteiger partial charge in [-0.2, -0.15) is 0 Å². The van der Waals surface area contributed by atoms with E-state index in [9.17, 15) is 4.79 Å². The van der Waals surface area contributed by atoms with Gasteiger partial charge in [0.1, 0.15) is 6.61 Å². The van der Waals surface area contributed by atoms with Crippen LogP contribution in [-0.4, -0.2) is 30.9 Å². The Morgan fingerprint density at radius 2 is 1.69 bits per heavy atom. The van der Waals surface area contributed by atoms with Gasteiger partial charge in [0.2, 0.25) is 0 Å². The lowest BCUT2D eigenvalue weighted by atomic mass is 9.80. The molecule has 0 radical (unpaired) electrons. The summed E-state index contributed by atoms with van der Waals surface area (Å²) in [6.07, 6.45) is 0. The molecule has 0 spiro atoms. The van der Waals surface area contributed by atoms with Gasteiger partial charge in [0.15, 0.2) is 0 Å². The van der Waals surface area contributed by atoms with Crippen LogP contribution in [0.1, 0.15) is 34.6 Å². The molecule has 0 aliphatic carbocycles. The third-order valence-electron chi connectivity index (χ3n) is 3.05. The highest BCUT2D eigenvalue weighted by Gasteiger charge is 2.52. The lowest BCUT2D eigenvalue weighted by Crippen LogP contribution is -2.41. The van der Waals surface area contributed by atoms with E-state index in [1.54, 1.807) is 0 Å². The summed E-state index contributed by atoms with van der Waals surface area (Å²) in [5, 5.41) is 0. The summed E-state index contributed by atoms with van der Waals surface area (Å²) in [5.74, 6) is -0.335. The Balaban J connectivity index is 2.59. The maximum Gasteiger partial charge on any atom is 0.493 e. The Morgan fingerprint density at radius 3 is 2.06 bits per heavy atom. The van der Waals surface area contributed by atoms with Crippen LogP contribution in [0.4, 0.5) is 0 Å². The molecule has 0 aromatic rings. The van der Waals surface area contributed by atoms with Crippen molar-refractivity contribution in [3.8, 4) is 0 Å². The Bertz CT molecular complexity index is 293. The van der Waals surface area contributed by atoms with E-state index in [0.29, 0.717) is 5.47 Å². The molecule has 0 amide bonds. The van der Waals surface area contributed by atoms with Crippen molar-refractivity contribution < 1.29 is 18.8 Å². The topological polar surface area (TPSA) is 44.8 Å². The molecule has 5 heteroatoms. The van der Waals surface area contributed by atoms with Gasteiger partial charge in [-0.05, 0) is 33.2 Å². The molecule has 0 saturated carbocycles. The predicted molar refractivity (Wildman–Crippen MR) is 61.9 cm³/mol. The average molecular weight is 226 g/mol. The van der Waals surface area contributed by atoms with E-state index in [-0.39, 0.29) is 12.6 Å². The number of carbonyl (C=O) groups excluding carboxylic acids is 1. The van der Waals surface area contributed by atoms with Gasteiger partial charge in [0.25, 0.3) is 0 Å². The van der Waals surface area contributed by atoms with E-state index >= 15 is 0 Å². The maximum atomic E-state index is 10.7. The van der Waals surface area contributed by atoms with Crippen LogP contribution in [-0.2, 0) is 18.8 Å². The monoisotopic (exact) mass is 226 g/mol. The molecule has 0 atom stereocenters. The fraction of sp³-hybridized carbons (Fsp3) is 0.727. The number of hydrogen-bond donors (Lipinski definition) is 0. The summed E-state index contributed by atoms with van der Waals surface area (Å²) < 4.78 is 16.3. The van der Waals surface area contributed by atoms with Crippen molar-refractivity contribution in [2.45, 2.75) is 45.8 Å². The molecule has 0 aromatic carbocycles. The highest BCUT2D eigenvalue weighted by atomic mass is 16.7. The average Bonchev–Trinajstić information content (AvgIpc) is 2.32. The fourth-order valence-electron chi connectivity index (χ4n) is 1.27. The molecular formula is C11H19BO4. The van der Waals surface area contributed by atoms with Gasteiger partial charge in [0, 0.05) is 6.92 Å². The van der Waals surface area contributed by atoms with E-state index in [1.165, 1.54) is 6.92 Å². The van der Waals surface area contributed by atoms with Crippen molar-refractivity contribution in [3.63, 3.8) is 0 Å². The van der Waals surface area contributed by atoms with E-state index in [4.69, 9.17) is 14.0 Å². The van der Waals surface area contributed by atoms with E-state index in [0.717, 1.165) is 0 Å². The first-order valence-electron chi connectivity index (χ1n) is 5.32. The summed E-state index contributed by atoms with van der Waals surface area (Å²) in [4.78, 5) is 10.7. The molecule has 1 fully saturated rings. The third-order valence-corrected chi connectivity index (χ3v) is 3.05. The normalized spacial score (nSPS) is 21.9. The van der Waals surface area contributed by atoms with E-state index in [1.807, 2.05) is 27.7 Å². The molecule has 0 bridgehead atoms. The van der Waals surface area contributed by atoms with Gasteiger partial charge >= 0.3 is 13.1 Å². The van der Waals surface area contributed by atoms with Gasteiger partial charge < -0.3 is 14.0 Å². The lowest BCUT2D eigenvalue weighted by Gasteiger charge is -2.32. The first kappa shape index (κ1) is 13.3. The first-order valence-corrected chi connectivity index (χ1v) is 5.32. The van der Waals surface area contributed by atoms with Gasteiger partial charge in [-0.15, -0.1) is 0 Å². The van der Waals surface area contributed by atoms with Crippen molar-refractivity contribution >= 4 is 13.1 Å². The van der Waals surface area contributed by atoms with Crippen molar-refractivity contribution in [2.24, 2.45) is 0 Å². The van der Waals surface area contributed by atoms with Crippen LogP contribution in [0.2, 0.25) is 0 Å². The zero-order valence-corrected chi connectivity index (χ0v) is 10.6. The van der Waals surface area contributed by atoms with Crippen molar-refractivity contribution in [3.05, 3.63) is 12.1 Å². The summed E-state index contributed by atoms with van der Waals surface area (Å²) in [5.41, 5.74) is -0.165. The van der Waals surface area contributed by atoms with Crippen LogP contribution in [0.3, 0.4) is 0 Å². The van der Waals surface area contributed by atoms with Gasteiger partial charge in [-0.25, -0.2) is 0 Å². The minimum Gasteiger partial charge on any atom is -0.462 e. The van der Waals surface area contributed by atoms with Gasteiger partial charge in [-0.1, -0.05) is 6.58 Å². The van der Waals surface area contributed by atoms with Crippen molar-refractivity contribution in [1.82, 2.24) is 0 Å². The number of esters is 1. The third kappa shape index (κ3) is 2.65. The molecule has 1 aliphatic heterocycles. The molecule has 1 heterocycles. The van der Waals surface area contributed by atoms with Crippen molar-refractivity contribution in [1.29, 1.82) is 0 Å². The summed E-state index contributed by atoms with van der Waals surface area (Å²) in [7, 11) is -0.510. The molecule has 0 aromatic heterocycles. The van der Waals surface area contributed by atoms with Gasteiger partial charge in [-0.3, -0.25) is 4.79 Å². The molecule has 90 valence electrons. The minimum absolute atomic E-state index is 0.131. The smallest absolute Gasteiger partial charge is 0.462 e. The molecule has 4 nitrogen and oxygen atoms in total. The largest absolute Gasteiger partial charge is 0.493 e. The van der Waals surface area contributed by atoms with Crippen LogP contribution in [0.5, 0.6) is 0 Å². The first-order chi connectivity index (χ1) is 7.16. The standard InChI is InChI=1S/C11H19BO4/c1-8(7-14-9(2)13)12-15-10(3,4)11(5,6)16-12/h1,7H2,2-6H3. The zero-order chi connectivity index (χ0) is 12.6. The molecule has 1 aliphatic rings. The molecular weight excluding hydrogens is 207 g/mol.